The Kier molecular flexibility index (Phi) is 4.27. The molecule has 0 unspecified atom stereocenters. The van der Waals surface area contributed by atoms with Crippen LogP contribution in [-0.2, 0) is 0 Å². The summed E-state index contributed by atoms with van der Waals surface area (Å²) in [5.41, 5.74) is 7.07. The number of fused-ring (bicyclic) bond motifs is 1. The smallest absolute Gasteiger partial charge is 0.246 e. The van der Waals surface area contributed by atoms with Crippen LogP contribution < -0.4 is 10.5 Å². The lowest BCUT2D eigenvalue weighted by atomic mass is 10.2. The van der Waals surface area contributed by atoms with Crippen LogP contribution >= 0.6 is 24.0 Å². The van der Waals surface area contributed by atoms with Crippen molar-refractivity contribution in [1.29, 1.82) is 0 Å². The Morgan fingerprint density at radius 3 is 2.55 bits per heavy atom. The summed E-state index contributed by atoms with van der Waals surface area (Å²) in [6, 6.07) is 10.8. The molecule has 2 aromatic heterocycles. The maximum atomic E-state index is 5.86. The number of benzene rings is 1. The largest absolute Gasteiger partial charge is 0.437 e. The normalized spacial score (nSPS) is 10.1. The van der Waals surface area contributed by atoms with Gasteiger partial charge in [-0.15, -0.1) is 12.4 Å². The monoisotopic (exact) mass is 307 g/mol. The van der Waals surface area contributed by atoms with E-state index < -0.39 is 0 Å². The van der Waals surface area contributed by atoms with E-state index >= 15 is 0 Å². The SMILES string of the molecule is Cl.Nc1cnc(Oc2ccc(Cl)cc2)c2ncccc12. The molecule has 0 spiro atoms. The predicted molar refractivity (Wildman–Crippen MR) is 82.7 cm³/mol. The first-order chi connectivity index (χ1) is 9.24. The van der Waals surface area contributed by atoms with E-state index in [9.17, 15) is 0 Å². The molecule has 20 heavy (non-hydrogen) atoms. The Morgan fingerprint density at radius 2 is 1.80 bits per heavy atom. The van der Waals surface area contributed by atoms with Crippen LogP contribution in [0.2, 0.25) is 5.02 Å². The number of nitrogens with zero attached hydrogens (tertiary/aromatic N) is 2. The zero-order valence-corrected chi connectivity index (χ0v) is 11.9. The third kappa shape index (κ3) is 2.76. The van der Waals surface area contributed by atoms with Gasteiger partial charge in [-0.1, -0.05) is 11.6 Å². The van der Waals surface area contributed by atoms with Gasteiger partial charge >= 0.3 is 0 Å². The van der Waals surface area contributed by atoms with Crippen LogP contribution in [0.3, 0.4) is 0 Å². The number of anilines is 1. The lowest BCUT2D eigenvalue weighted by molar-refractivity contribution is 0.468. The quantitative estimate of drug-likeness (QED) is 0.775. The summed E-state index contributed by atoms with van der Waals surface area (Å²) in [6.07, 6.45) is 3.24. The molecule has 3 aromatic rings. The fraction of sp³-hybridized carbons (Fsp3) is 0. The molecule has 2 N–H and O–H groups in total. The fourth-order valence-corrected chi connectivity index (χ4v) is 1.88. The van der Waals surface area contributed by atoms with Gasteiger partial charge < -0.3 is 10.5 Å². The van der Waals surface area contributed by atoms with Crippen molar-refractivity contribution < 1.29 is 4.74 Å². The van der Waals surface area contributed by atoms with Gasteiger partial charge in [0.15, 0.2) is 0 Å². The molecule has 0 atom stereocenters. The molecule has 0 saturated heterocycles. The molecule has 0 bridgehead atoms. The van der Waals surface area contributed by atoms with Gasteiger partial charge in [0.25, 0.3) is 0 Å². The molecule has 2 heterocycles. The molecule has 0 amide bonds. The topological polar surface area (TPSA) is 61.0 Å². The molecule has 102 valence electrons. The number of halogens is 2. The second-order valence-corrected chi connectivity index (χ2v) is 4.41. The number of rotatable bonds is 2. The summed E-state index contributed by atoms with van der Waals surface area (Å²) < 4.78 is 5.71. The van der Waals surface area contributed by atoms with Crippen molar-refractivity contribution >= 4 is 40.6 Å². The molecule has 0 radical (unpaired) electrons. The highest BCUT2D eigenvalue weighted by Crippen LogP contribution is 2.29. The Bertz CT molecular complexity index is 732. The van der Waals surface area contributed by atoms with Gasteiger partial charge in [0.05, 0.1) is 11.9 Å². The minimum atomic E-state index is 0. The summed E-state index contributed by atoms with van der Waals surface area (Å²) >= 11 is 5.83. The first-order valence-electron chi connectivity index (χ1n) is 5.66. The number of ether oxygens (including phenoxy) is 1. The highest BCUT2D eigenvalue weighted by molar-refractivity contribution is 6.30. The minimum absolute atomic E-state index is 0. The molecule has 0 saturated carbocycles. The van der Waals surface area contributed by atoms with Gasteiger partial charge in [-0.3, -0.25) is 4.98 Å². The van der Waals surface area contributed by atoms with Crippen molar-refractivity contribution in [2.24, 2.45) is 0 Å². The van der Waals surface area contributed by atoms with Gasteiger partial charge in [0, 0.05) is 16.6 Å². The van der Waals surface area contributed by atoms with Gasteiger partial charge in [-0.25, -0.2) is 4.98 Å². The zero-order valence-electron chi connectivity index (χ0n) is 10.3. The molecule has 0 fully saturated rings. The van der Waals surface area contributed by atoms with Gasteiger partial charge in [0.2, 0.25) is 5.88 Å². The molecule has 0 aliphatic heterocycles. The summed E-state index contributed by atoms with van der Waals surface area (Å²) in [6.45, 7) is 0. The number of hydrogen-bond acceptors (Lipinski definition) is 4. The third-order valence-corrected chi connectivity index (χ3v) is 2.92. The van der Waals surface area contributed by atoms with Crippen LogP contribution in [0.1, 0.15) is 0 Å². The molecule has 4 nitrogen and oxygen atoms in total. The maximum Gasteiger partial charge on any atom is 0.246 e. The number of pyridine rings is 2. The maximum absolute atomic E-state index is 5.86. The van der Waals surface area contributed by atoms with Crippen LogP contribution in [0.5, 0.6) is 11.6 Å². The Morgan fingerprint density at radius 1 is 1.05 bits per heavy atom. The van der Waals surface area contributed by atoms with Crippen molar-refractivity contribution in [2.45, 2.75) is 0 Å². The highest BCUT2D eigenvalue weighted by atomic mass is 35.5. The van der Waals surface area contributed by atoms with Crippen molar-refractivity contribution in [2.75, 3.05) is 5.73 Å². The number of aromatic nitrogens is 2. The minimum Gasteiger partial charge on any atom is -0.437 e. The fourth-order valence-electron chi connectivity index (χ4n) is 1.76. The molecule has 1 aromatic carbocycles. The van der Waals surface area contributed by atoms with E-state index in [-0.39, 0.29) is 12.4 Å². The van der Waals surface area contributed by atoms with E-state index in [0.29, 0.717) is 27.9 Å². The highest BCUT2D eigenvalue weighted by Gasteiger charge is 2.08. The van der Waals surface area contributed by atoms with Crippen LogP contribution in [-0.4, -0.2) is 9.97 Å². The second kappa shape index (κ2) is 5.94. The number of nitrogen functional groups attached to an aromatic ring is 1. The van der Waals surface area contributed by atoms with E-state index in [0.717, 1.165) is 5.39 Å². The first-order valence-corrected chi connectivity index (χ1v) is 6.04. The summed E-state index contributed by atoms with van der Waals surface area (Å²) in [7, 11) is 0. The Labute approximate surface area is 127 Å². The number of hydrogen-bond donors (Lipinski definition) is 1. The average Bonchev–Trinajstić information content (AvgIpc) is 2.45. The Hall–Kier alpha value is -2.04. The first kappa shape index (κ1) is 14.4. The molecule has 3 rings (SSSR count). The molecular weight excluding hydrogens is 297 g/mol. The summed E-state index contributed by atoms with van der Waals surface area (Å²) in [5, 5.41) is 1.47. The van der Waals surface area contributed by atoms with E-state index in [4.69, 9.17) is 22.1 Å². The van der Waals surface area contributed by atoms with Crippen LogP contribution in [0.15, 0.2) is 48.8 Å². The lowest BCUT2D eigenvalue weighted by Gasteiger charge is -2.08. The van der Waals surface area contributed by atoms with Crippen LogP contribution in [0.25, 0.3) is 10.9 Å². The lowest BCUT2D eigenvalue weighted by Crippen LogP contribution is -1.95. The zero-order chi connectivity index (χ0) is 13.2. The van der Waals surface area contributed by atoms with E-state index in [2.05, 4.69) is 9.97 Å². The van der Waals surface area contributed by atoms with Crippen molar-refractivity contribution in [3.8, 4) is 11.6 Å². The van der Waals surface area contributed by atoms with Gasteiger partial charge in [-0.2, -0.15) is 0 Å². The second-order valence-electron chi connectivity index (χ2n) is 3.97. The third-order valence-electron chi connectivity index (χ3n) is 2.67. The average molecular weight is 308 g/mol. The molecular formula is C14H11Cl2N3O. The van der Waals surface area contributed by atoms with Crippen molar-refractivity contribution in [3.05, 3.63) is 53.8 Å². The van der Waals surface area contributed by atoms with Gasteiger partial charge in [-0.05, 0) is 36.4 Å². The van der Waals surface area contributed by atoms with Crippen molar-refractivity contribution in [1.82, 2.24) is 9.97 Å². The van der Waals surface area contributed by atoms with Crippen LogP contribution in [0.4, 0.5) is 5.69 Å². The van der Waals surface area contributed by atoms with E-state index in [1.807, 2.05) is 12.1 Å². The summed E-state index contributed by atoms with van der Waals surface area (Å²) in [4.78, 5) is 8.44. The molecule has 0 aliphatic carbocycles. The van der Waals surface area contributed by atoms with Gasteiger partial charge in [0.1, 0.15) is 11.3 Å². The predicted octanol–water partition coefficient (Wildman–Crippen LogP) is 4.08. The Balaban J connectivity index is 0.00000147. The van der Waals surface area contributed by atoms with Crippen molar-refractivity contribution in [3.63, 3.8) is 0 Å². The standard InChI is InChI=1S/C14H10ClN3O.ClH/c15-9-3-5-10(6-4-9)19-14-13-11(2-1-7-17-13)12(16)8-18-14;/h1-8H,16H2;1H. The summed E-state index contributed by atoms with van der Waals surface area (Å²) in [5.74, 6) is 1.07. The van der Waals surface area contributed by atoms with E-state index in [1.165, 1.54) is 0 Å². The molecule has 0 aliphatic rings. The van der Waals surface area contributed by atoms with E-state index in [1.54, 1.807) is 36.7 Å². The van der Waals surface area contributed by atoms with Crippen LogP contribution in [0, 0.1) is 0 Å². The molecule has 6 heteroatoms. The number of nitrogens with two attached hydrogens (primary N) is 1.